The van der Waals surface area contributed by atoms with Crippen molar-refractivity contribution in [3.8, 4) is 11.3 Å². The Balaban J connectivity index is 0.00000107. The summed E-state index contributed by atoms with van der Waals surface area (Å²) in [6.45, 7) is 5.14. The molecule has 330 valence electrons. The number of hydrogen-bond acceptors (Lipinski definition) is 9. The number of carbonyl (C=O) groups excluding carboxylic acids is 5. The van der Waals surface area contributed by atoms with E-state index in [-0.39, 0.29) is 49.8 Å². The largest absolute Gasteiger partial charge is 0.490 e. The van der Waals surface area contributed by atoms with Crippen LogP contribution < -0.4 is 16.4 Å². The number of aliphatic hydroxyl groups is 1. The van der Waals surface area contributed by atoms with E-state index in [4.69, 9.17) is 20.6 Å². The zero-order valence-corrected chi connectivity index (χ0v) is 33.6. The summed E-state index contributed by atoms with van der Waals surface area (Å²) in [5.41, 5.74) is 6.66. The Bertz CT molecular complexity index is 2090. The number of alkyl halides is 3. The number of nitrogens with one attached hydrogen (secondary N) is 2. The topological polar surface area (TPSA) is 217 Å². The average Bonchev–Trinajstić information content (AvgIpc) is 3.92. The van der Waals surface area contributed by atoms with Crippen LogP contribution in [0.5, 0.6) is 0 Å². The van der Waals surface area contributed by atoms with Gasteiger partial charge in [0.2, 0.25) is 17.7 Å². The lowest BCUT2D eigenvalue weighted by molar-refractivity contribution is -0.192. The SMILES string of the molecule is CC(C)(C)C(c1nc(-c2cc(F)ccc2F)cn1Cc1ccccc1)N(CC[C@H](N)C(=O)NC1CCCC1C(=O)NCCN1C(=O)C=CC1=O)C(=O)CO.O=C(O)C(F)(F)F. The van der Waals surface area contributed by atoms with Crippen LogP contribution in [0, 0.1) is 23.0 Å². The molecule has 0 spiro atoms. The van der Waals surface area contributed by atoms with Crippen molar-refractivity contribution < 1.29 is 60.9 Å². The van der Waals surface area contributed by atoms with Crippen LogP contribution in [0.15, 0.2) is 66.9 Å². The lowest BCUT2D eigenvalue weighted by Crippen LogP contribution is -2.51. The van der Waals surface area contributed by atoms with E-state index in [9.17, 15) is 46.6 Å². The summed E-state index contributed by atoms with van der Waals surface area (Å²) < 4.78 is 62.8. The van der Waals surface area contributed by atoms with Gasteiger partial charge in [-0.25, -0.2) is 18.6 Å². The molecule has 0 saturated heterocycles. The molecular weight excluding hydrogens is 813 g/mol. The van der Waals surface area contributed by atoms with Gasteiger partial charge in [-0.15, -0.1) is 0 Å². The Labute approximate surface area is 347 Å². The molecule has 2 aliphatic rings. The van der Waals surface area contributed by atoms with E-state index in [1.807, 2.05) is 51.1 Å². The Hall–Kier alpha value is -6.02. The number of rotatable bonds is 15. The number of hydrogen-bond donors (Lipinski definition) is 5. The van der Waals surface area contributed by atoms with E-state index in [1.165, 1.54) is 17.1 Å². The van der Waals surface area contributed by atoms with Crippen molar-refractivity contribution >= 4 is 35.5 Å². The minimum absolute atomic E-state index is 0.00948. The Morgan fingerprint density at radius 1 is 1.00 bits per heavy atom. The number of imidazole rings is 1. The summed E-state index contributed by atoms with van der Waals surface area (Å²) in [7, 11) is 0. The number of nitrogens with zero attached hydrogens (tertiary/aromatic N) is 4. The van der Waals surface area contributed by atoms with Gasteiger partial charge in [0.25, 0.3) is 11.8 Å². The predicted octanol–water partition coefficient (Wildman–Crippen LogP) is 3.46. The third-order valence-corrected chi connectivity index (χ3v) is 10.0. The highest BCUT2D eigenvalue weighted by atomic mass is 19.4. The molecule has 1 saturated carbocycles. The van der Waals surface area contributed by atoms with Gasteiger partial charge in [0.1, 0.15) is 24.1 Å². The first-order valence-electron chi connectivity index (χ1n) is 19.3. The van der Waals surface area contributed by atoms with Crippen LogP contribution in [-0.2, 0) is 35.3 Å². The fraction of sp³-hybridized carbons (Fsp3) is 0.439. The summed E-state index contributed by atoms with van der Waals surface area (Å²) in [6, 6.07) is 10.1. The Morgan fingerprint density at radius 2 is 1.64 bits per heavy atom. The number of halogens is 5. The molecule has 1 aliphatic carbocycles. The maximum absolute atomic E-state index is 15.0. The van der Waals surface area contributed by atoms with E-state index < -0.39 is 83.5 Å². The summed E-state index contributed by atoms with van der Waals surface area (Å²) >= 11 is 0. The van der Waals surface area contributed by atoms with Crippen molar-refractivity contribution in [3.05, 3.63) is 89.9 Å². The zero-order chi connectivity index (χ0) is 45.2. The molecule has 2 heterocycles. The van der Waals surface area contributed by atoms with Crippen molar-refractivity contribution in [1.82, 2.24) is 30.0 Å². The second-order valence-electron chi connectivity index (χ2n) is 15.5. The highest BCUT2D eigenvalue weighted by molar-refractivity contribution is 6.12. The standard InChI is InChI=1S/C39H47F2N7O6.C2HF3O2/c1-39(2,3)35(36-44-31(27-20-25(40)12-13-28(27)41)22-46(36)21-24-8-5-4-6-9-24)48(34(52)23-49)18-16-29(42)38(54)45-30-11-7-10-26(30)37(53)43-17-19-47-32(50)14-15-33(47)51;3-2(4,5)1(6)7/h4-6,8-9,12-15,20,22,26,29-30,35,49H,7,10-11,16-19,21,23,42H2,1-3H3,(H,43,53)(H,45,54);(H,6,7)/t26?,29-,30?,35?;/m0./s1. The average molecular weight is 862 g/mol. The highest BCUT2D eigenvalue weighted by Crippen LogP contribution is 2.40. The molecule has 6 N–H and O–H groups in total. The Morgan fingerprint density at radius 3 is 2.23 bits per heavy atom. The molecule has 0 radical (unpaired) electrons. The smallest absolute Gasteiger partial charge is 0.475 e. The van der Waals surface area contributed by atoms with Gasteiger partial charge in [0, 0.05) is 56.1 Å². The maximum atomic E-state index is 15.0. The van der Waals surface area contributed by atoms with Crippen LogP contribution >= 0.6 is 0 Å². The summed E-state index contributed by atoms with van der Waals surface area (Å²) in [5, 5.41) is 22.9. The molecule has 3 unspecified atom stereocenters. The van der Waals surface area contributed by atoms with Crippen LogP contribution in [0.3, 0.4) is 0 Å². The van der Waals surface area contributed by atoms with Crippen molar-refractivity contribution in [2.75, 3.05) is 26.2 Å². The lowest BCUT2D eigenvalue weighted by atomic mass is 9.84. The van der Waals surface area contributed by atoms with Crippen LogP contribution in [-0.4, -0.2) is 110 Å². The number of imide groups is 1. The molecule has 1 fully saturated rings. The van der Waals surface area contributed by atoms with E-state index in [0.29, 0.717) is 25.1 Å². The van der Waals surface area contributed by atoms with Gasteiger partial charge in [0.15, 0.2) is 0 Å². The van der Waals surface area contributed by atoms with Gasteiger partial charge in [-0.3, -0.25) is 28.9 Å². The van der Waals surface area contributed by atoms with Gasteiger partial charge in [-0.2, -0.15) is 13.2 Å². The fourth-order valence-corrected chi connectivity index (χ4v) is 7.08. The molecular formula is C41H48F5N7O8. The van der Waals surface area contributed by atoms with Crippen molar-refractivity contribution in [2.24, 2.45) is 17.1 Å². The maximum Gasteiger partial charge on any atom is 0.490 e. The van der Waals surface area contributed by atoms with Crippen LogP contribution in [0.1, 0.15) is 63.9 Å². The summed E-state index contributed by atoms with van der Waals surface area (Å²) in [6.07, 6.45) is 0.620. The number of aromatic nitrogens is 2. The number of aliphatic hydroxyl groups excluding tert-OH is 1. The van der Waals surface area contributed by atoms with Crippen molar-refractivity contribution in [1.29, 1.82) is 0 Å². The van der Waals surface area contributed by atoms with Crippen molar-refractivity contribution in [3.63, 3.8) is 0 Å². The van der Waals surface area contributed by atoms with Gasteiger partial charge in [-0.05, 0) is 48.4 Å². The minimum Gasteiger partial charge on any atom is -0.475 e. The molecule has 5 rings (SSSR count). The molecule has 0 bridgehead atoms. The van der Waals surface area contributed by atoms with Crippen LogP contribution in [0.4, 0.5) is 22.0 Å². The first kappa shape index (κ1) is 47.7. The quantitative estimate of drug-likeness (QED) is 0.111. The van der Waals surface area contributed by atoms with E-state index in [0.717, 1.165) is 28.7 Å². The number of nitrogens with two attached hydrogens (primary N) is 1. The number of amides is 5. The first-order valence-corrected chi connectivity index (χ1v) is 19.3. The van der Waals surface area contributed by atoms with Crippen LogP contribution in [0.2, 0.25) is 0 Å². The normalized spacial score (nSPS) is 17.4. The molecule has 4 atom stereocenters. The number of carboxylic acids is 1. The van der Waals surface area contributed by atoms with Crippen LogP contribution in [0.25, 0.3) is 11.3 Å². The van der Waals surface area contributed by atoms with Gasteiger partial charge >= 0.3 is 12.1 Å². The highest BCUT2D eigenvalue weighted by Gasteiger charge is 2.40. The second kappa shape index (κ2) is 20.5. The fourth-order valence-electron chi connectivity index (χ4n) is 7.08. The first-order chi connectivity index (χ1) is 28.6. The van der Waals surface area contributed by atoms with Gasteiger partial charge in [0.05, 0.1) is 23.7 Å². The number of carboxylic acid groups (broad SMARTS) is 1. The molecule has 1 aliphatic heterocycles. The predicted molar refractivity (Wildman–Crippen MR) is 209 cm³/mol. The van der Waals surface area contributed by atoms with E-state index in [2.05, 4.69) is 10.6 Å². The molecule has 2 aromatic carbocycles. The molecule has 1 aromatic heterocycles. The minimum atomic E-state index is -5.08. The number of aliphatic carboxylic acids is 1. The third-order valence-electron chi connectivity index (χ3n) is 10.0. The second-order valence-corrected chi connectivity index (χ2v) is 15.5. The van der Waals surface area contributed by atoms with Gasteiger partial charge in [-0.1, -0.05) is 57.5 Å². The number of carbonyl (C=O) groups is 6. The van der Waals surface area contributed by atoms with Crippen molar-refractivity contribution in [2.45, 2.75) is 77.3 Å². The van der Waals surface area contributed by atoms with E-state index >= 15 is 4.39 Å². The van der Waals surface area contributed by atoms with E-state index in [1.54, 1.807) is 10.8 Å². The monoisotopic (exact) mass is 861 g/mol. The molecule has 15 nitrogen and oxygen atoms in total. The molecule has 61 heavy (non-hydrogen) atoms. The molecule has 5 amide bonds. The van der Waals surface area contributed by atoms with Gasteiger partial charge < -0.3 is 36.0 Å². The summed E-state index contributed by atoms with van der Waals surface area (Å²) in [4.78, 5) is 79.7. The lowest BCUT2D eigenvalue weighted by Gasteiger charge is -2.40. The Kier molecular flexibility index (Phi) is 16.0. The molecule has 20 heteroatoms. The third kappa shape index (κ3) is 12.7. The molecule has 3 aromatic rings. The zero-order valence-electron chi connectivity index (χ0n) is 33.6. The number of benzene rings is 2. The summed E-state index contributed by atoms with van der Waals surface area (Å²) in [5.74, 6) is -6.60.